The lowest BCUT2D eigenvalue weighted by molar-refractivity contribution is -0.118. The molecule has 0 atom stereocenters. The molecule has 0 aliphatic heterocycles. The van der Waals surface area contributed by atoms with E-state index in [1.807, 2.05) is 36.6 Å². The number of thiazole rings is 1. The van der Waals surface area contributed by atoms with Crippen molar-refractivity contribution in [2.24, 2.45) is 5.10 Å². The van der Waals surface area contributed by atoms with Gasteiger partial charge in [-0.3, -0.25) is 4.79 Å². The molecule has 6 nitrogen and oxygen atoms in total. The third kappa shape index (κ3) is 6.22. The molecule has 150 valence electrons. The van der Waals surface area contributed by atoms with E-state index in [-0.39, 0.29) is 17.4 Å². The summed E-state index contributed by atoms with van der Waals surface area (Å²) < 4.78 is 6.12. The zero-order chi connectivity index (χ0) is 20.6. The van der Waals surface area contributed by atoms with Gasteiger partial charge in [0, 0.05) is 16.0 Å². The van der Waals surface area contributed by atoms with Gasteiger partial charge >= 0.3 is 0 Å². The Kier molecular flexibility index (Phi) is 7.51. The highest BCUT2D eigenvalue weighted by Gasteiger charge is 2.08. The minimum atomic E-state index is -0.238. The van der Waals surface area contributed by atoms with Crippen LogP contribution in [0.3, 0.4) is 0 Å². The summed E-state index contributed by atoms with van der Waals surface area (Å²) in [7, 11) is 0. The summed E-state index contributed by atoms with van der Waals surface area (Å²) in [6, 6.07) is 12.3. The maximum absolute atomic E-state index is 12.0. The first-order valence-electron chi connectivity index (χ1n) is 8.67. The predicted octanol–water partition coefficient (Wildman–Crippen LogP) is 4.81. The van der Waals surface area contributed by atoms with Gasteiger partial charge in [0.25, 0.3) is 5.91 Å². The number of amides is 1. The van der Waals surface area contributed by atoms with Gasteiger partial charge in [-0.1, -0.05) is 35.5 Å². The Hall–Kier alpha value is -2.55. The van der Waals surface area contributed by atoms with Crippen LogP contribution in [0.4, 0.5) is 0 Å². The minimum absolute atomic E-state index is 0.0610. The first kappa shape index (κ1) is 21.2. The fraction of sp³-hybridized carbons (Fsp3) is 0.150. The number of rotatable bonds is 8. The lowest BCUT2D eigenvalue weighted by Crippen LogP contribution is -2.19. The fourth-order valence-corrected chi connectivity index (χ4v) is 4.05. The van der Waals surface area contributed by atoms with E-state index in [0.29, 0.717) is 22.9 Å². The molecule has 0 fully saturated rings. The van der Waals surface area contributed by atoms with E-state index >= 15 is 0 Å². The van der Waals surface area contributed by atoms with Gasteiger partial charge in [0.05, 0.1) is 24.3 Å². The Morgan fingerprint density at radius 2 is 2.14 bits per heavy atom. The van der Waals surface area contributed by atoms with Gasteiger partial charge in [0.1, 0.15) is 0 Å². The van der Waals surface area contributed by atoms with Gasteiger partial charge in [-0.25, -0.2) is 10.4 Å². The number of carbonyl (C=O) groups excluding carboxylic acids is 1. The first-order chi connectivity index (χ1) is 14.0. The SMILES string of the molecule is CCOc1cc(/C=N\NC(=O)CSc2nc(-c3ccc(Cl)cc3)cs2)ccc1O. The van der Waals surface area contributed by atoms with Crippen LogP contribution in [-0.4, -0.2) is 34.6 Å². The predicted molar refractivity (Wildman–Crippen MR) is 118 cm³/mol. The van der Waals surface area contributed by atoms with Crippen LogP contribution in [0.25, 0.3) is 11.3 Å². The summed E-state index contributed by atoms with van der Waals surface area (Å²) in [6.45, 7) is 2.28. The van der Waals surface area contributed by atoms with E-state index in [0.717, 1.165) is 15.6 Å². The highest BCUT2D eigenvalue weighted by molar-refractivity contribution is 8.01. The number of nitrogens with zero attached hydrogens (tertiary/aromatic N) is 2. The van der Waals surface area contributed by atoms with Crippen LogP contribution in [0.5, 0.6) is 11.5 Å². The molecule has 1 heterocycles. The number of phenolic OH excluding ortho intramolecular Hbond substituents is 1. The van der Waals surface area contributed by atoms with Crippen molar-refractivity contribution >= 4 is 46.8 Å². The Morgan fingerprint density at radius 1 is 1.34 bits per heavy atom. The zero-order valence-electron chi connectivity index (χ0n) is 15.5. The van der Waals surface area contributed by atoms with Crippen LogP contribution in [0, 0.1) is 0 Å². The van der Waals surface area contributed by atoms with Crippen LogP contribution in [-0.2, 0) is 4.79 Å². The molecule has 9 heteroatoms. The van der Waals surface area contributed by atoms with E-state index in [9.17, 15) is 9.90 Å². The second kappa shape index (κ2) is 10.3. The van der Waals surface area contributed by atoms with Crippen molar-refractivity contribution in [3.8, 4) is 22.8 Å². The molecule has 0 radical (unpaired) electrons. The molecule has 2 aromatic carbocycles. The maximum Gasteiger partial charge on any atom is 0.250 e. The third-order valence-corrected chi connectivity index (χ3v) is 5.91. The van der Waals surface area contributed by atoms with Gasteiger partial charge in [-0.05, 0) is 42.8 Å². The minimum Gasteiger partial charge on any atom is -0.504 e. The number of aromatic hydroxyl groups is 1. The smallest absolute Gasteiger partial charge is 0.250 e. The van der Waals surface area contributed by atoms with Crippen LogP contribution < -0.4 is 10.2 Å². The fourth-order valence-electron chi connectivity index (χ4n) is 2.30. The van der Waals surface area contributed by atoms with Crippen molar-refractivity contribution in [2.45, 2.75) is 11.3 Å². The van der Waals surface area contributed by atoms with Crippen molar-refractivity contribution in [3.05, 3.63) is 58.4 Å². The Labute approximate surface area is 181 Å². The van der Waals surface area contributed by atoms with Crippen molar-refractivity contribution < 1.29 is 14.6 Å². The van der Waals surface area contributed by atoms with Crippen molar-refractivity contribution in [3.63, 3.8) is 0 Å². The molecule has 0 saturated heterocycles. The number of hydrazone groups is 1. The molecule has 1 amide bonds. The van der Waals surface area contributed by atoms with E-state index in [1.165, 1.54) is 35.4 Å². The Bertz CT molecular complexity index is 1010. The van der Waals surface area contributed by atoms with Crippen LogP contribution >= 0.6 is 34.7 Å². The Morgan fingerprint density at radius 3 is 2.90 bits per heavy atom. The second-order valence-electron chi connectivity index (χ2n) is 5.75. The number of aromatic nitrogens is 1. The van der Waals surface area contributed by atoms with Crippen molar-refractivity contribution in [1.29, 1.82) is 0 Å². The van der Waals surface area contributed by atoms with Crippen LogP contribution in [0.2, 0.25) is 5.02 Å². The van der Waals surface area contributed by atoms with Crippen molar-refractivity contribution in [1.82, 2.24) is 10.4 Å². The molecule has 2 N–H and O–H groups in total. The first-order valence-corrected chi connectivity index (χ1v) is 10.9. The molecule has 0 spiro atoms. The number of benzene rings is 2. The van der Waals surface area contributed by atoms with E-state index in [4.69, 9.17) is 16.3 Å². The quantitative estimate of drug-likeness (QED) is 0.294. The summed E-state index contributed by atoms with van der Waals surface area (Å²) >= 11 is 8.73. The molecule has 3 rings (SSSR count). The van der Waals surface area contributed by atoms with E-state index in [1.54, 1.807) is 12.1 Å². The van der Waals surface area contributed by atoms with Gasteiger partial charge < -0.3 is 9.84 Å². The normalized spacial score (nSPS) is 11.0. The summed E-state index contributed by atoms with van der Waals surface area (Å²) in [5.74, 6) is 0.396. The third-order valence-electron chi connectivity index (χ3n) is 3.64. The lowest BCUT2D eigenvalue weighted by atomic mass is 10.2. The molecule has 3 aromatic rings. The summed E-state index contributed by atoms with van der Waals surface area (Å²) in [4.78, 5) is 16.5. The zero-order valence-corrected chi connectivity index (χ0v) is 17.9. The molecule has 0 aliphatic carbocycles. The molecule has 1 aromatic heterocycles. The average molecular weight is 448 g/mol. The summed E-state index contributed by atoms with van der Waals surface area (Å²) in [5, 5.41) is 16.3. The second-order valence-corrected chi connectivity index (χ2v) is 8.26. The number of nitrogens with one attached hydrogen (secondary N) is 1. The lowest BCUT2D eigenvalue weighted by Gasteiger charge is -2.05. The van der Waals surface area contributed by atoms with Gasteiger partial charge in [0.15, 0.2) is 15.8 Å². The Balaban J connectivity index is 1.50. The molecule has 0 aliphatic rings. The number of carbonyl (C=O) groups is 1. The van der Waals surface area contributed by atoms with Crippen LogP contribution in [0.15, 0.2) is 57.3 Å². The van der Waals surface area contributed by atoms with Gasteiger partial charge in [-0.2, -0.15) is 5.10 Å². The van der Waals surface area contributed by atoms with Crippen LogP contribution in [0.1, 0.15) is 12.5 Å². The van der Waals surface area contributed by atoms with E-state index < -0.39 is 0 Å². The van der Waals surface area contributed by atoms with Crippen molar-refractivity contribution in [2.75, 3.05) is 12.4 Å². The summed E-state index contributed by atoms with van der Waals surface area (Å²) in [6.07, 6.45) is 1.49. The number of hydrogen-bond acceptors (Lipinski definition) is 7. The number of thioether (sulfide) groups is 1. The number of halogens is 1. The maximum atomic E-state index is 12.0. The molecular formula is C20H18ClN3O3S2. The molecule has 29 heavy (non-hydrogen) atoms. The monoisotopic (exact) mass is 447 g/mol. The van der Waals surface area contributed by atoms with Gasteiger partial charge in [-0.15, -0.1) is 11.3 Å². The molecule has 0 unspecified atom stereocenters. The molecule has 0 saturated carbocycles. The highest BCUT2D eigenvalue weighted by atomic mass is 35.5. The van der Waals surface area contributed by atoms with E-state index in [2.05, 4.69) is 15.5 Å². The standard InChI is InChI=1S/C20H18ClN3O3S2/c1-2-27-18-9-13(3-8-17(18)25)10-22-24-19(26)12-29-20-23-16(11-28-20)14-4-6-15(21)7-5-14/h3-11,25H,2,12H2,1H3,(H,24,26)/b22-10-. The highest BCUT2D eigenvalue weighted by Crippen LogP contribution is 2.29. The summed E-state index contributed by atoms with van der Waals surface area (Å²) in [5.41, 5.74) is 5.01. The van der Waals surface area contributed by atoms with Gasteiger partial charge in [0.2, 0.25) is 0 Å². The molecule has 0 bridgehead atoms. The number of hydrogen-bond donors (Lipinski definition) is 2. The molecular weight excluding hydrogens is 430 g/mol. The average Bonchev–Trinajstić information content (AvgIpc) is 3.18. The topological polar surface area (TPSA) is 83.8 Å². The largest absolute Gasteiger partial charge is 0.504 e. The number of ether oxygens (including phenoxy) is 1. The number of phenols is 1.